The first-order valence-electron chi connectivity index (χ1n) is 7.25. The maximum absolute atomic E-state index is 5.54. The molecule has 1 fully saturated rings. The predicted molar refractivity (Wildman–Crippen MR) is 78.3 cm³/mol. The first-order chi connectivity index (χ1) is 9.29. The van der Waals surface area contributed by atoms with E-state index in [0.717, 1.165) is 44.1 Å². The van der Waals surface area contributed by atoms with Crippen molar-refractivity contribution < 1.29 is 0 Å². The summed E-state index contributed by atoms with van der Waals surface area (Å²) < 4.78 is 0. The van der Waals surface area contributed by atoms with Crippen LogP contribution in [0.15, 0.2) is 12.4 Å². The smallest absolute Gasteiger partial charge is 0.225 e. The zero-order valence-electron chi connectivity index (χ0n) is 11.9. The minimum Gasteiger partial charge on any atom is -0.339 e. The quantitative estimate of drug-likeness (QED) is 0.804. The summed E-state index contributed by atoms with van der Waals surface area (Å²) in [6.45, 7) is 8.33. The lowest BCUT2D eigenvalue weighted by molar-refractivity contribution is 0.287. The highest BCUT2D eigenvalue weighted by atomic mass is 15.3. The van der Waals surface area contributed by atoms with Crippen molar-refractivity contribution >= 4 is 5.95 Å². The molecule has 1 aromatic heterocycles. The lowest BCUT2D eigenvalue weighted by Crippen LogP contribution is -2.32. The van der Waals surface area contributed by atoms with Crippen LogP contribution in [0.4, 0.5) is 5.95 Å². The zero-order valence-corrected chi connectivity index (χ0v) is 11.9. The maximum atomic E-state index is 5.54. The summed E-state index contributed by atoms with van der Waals surface area (Å²) in [5.41, 5.74) is 6.65. The Morgan fingerprint density at radius 2 is 1.89 bits per heavy atom. The van der Waals surface area contributed by atoms with Crippen molar-refractivity contribution in [3.8, 4) is 0 Å². The van der Waals surface area contributed by atoms with Crippen LogP contribution >= 0.6 is 0 Å². The topological polar surface area (TPSA) is 58.3 Å². The molecule has 106 valence electrons. The fraction of sp³-hybridized carbons (Fsp3) is 0.714. The van der Waals surface area contributed by atoms with Gasteiger partial charge in [-0.3, -0.25) is 0 Å². The summed E-state index contributed by atoms with van der Waals surface area (Å²) in [6.07, 6.45) is 7.30. The highest BCUT2D eigenvalue weighted by Crippen LogP contribution is 2.11. The molecule has 2 heterocycles. The third-order valence-corrected chi connectivity index (χ3v) is 3.57. The molecule has 0 aliphatic carbocycles. The molecule has 0 aromatic carbocycles. The van der Waals surface area contributed by atoms with E-state index < -0.39 is 0 Å². The van der Waals surface area contributed by atoms with Gasteiger partial charge in [-0.15, -0.1) is 0 Å². The van der Waals surface area contributed by atoms with E-state index in [1.165, 1.54) is 25.9 Å². The molecule has 19 heavy (non-hydrogen) atoms. The van der Waals surface area contributed by atoms with Crippen molar-refractivity contribution in [2.24, 2.45) is 5.73 Å². The van der Waals surface area contributed by atoms with E-state index in [9.17, 15) is 0 Å². The lowest BCUT2D eigenvalue weighted by Gasteiger charge is -2.21. The highest BCUT2D eigenvalue weighted by molar-refractivity contribution is 5.29. The summed E-state index contributed by atoms with van der Waals surface area (Å²) in [7, 11) is 0. The normalized spacial score (nSPS) is 17.5. The van der Waals surface area contributed by atoms with E-state index in [1.807, 2.05) is 19.3 Å². The molecule has 0 spiro atoms. The second-order valence-corrected chi connectivity index (χ2v) is 5.24. The Morgan fingerprint density at radius 1 is 1.11 bits per heavy atom. The molecule has 1 saturated heterocycles. The SMILES string of the molecule is Cc1cnc(N2CCCN(CCCCN)CC2)nc1. The Labute approximate surface area is 115 Å². The molecule has 0 atom stereocenters. The molecule has 0 saturated carbocycles. The van der Waals surface area contributed by atoms with Crippen molar-refractivity contribution in [2.75, 3.05) is 44.2 Å². The van der Waals surface area contributed by atoms with Gasteiger partial charge in [0.15, 0.2) is 0 Å². The van der Waals surface area contributed by atoms with Gasteiger partial charge in [-0.05, 0) is 51.4 Å². The van der Waals surface area contributed by atoms with Gasteiger partial charge < -0.3 is 15.5 Å². The number of nitrogens with zero attached hydrogens (tertiary/aromatic N) is 4. The van der Waals surface area contributed by atoms with E-state index in [0.29, 0.717) is 0 Å². The Morgan fingerprint density at radius 3 is 2.63 bits per heavy atom. The fourth-order valence-corrected chi connectivity index (χ4v) is 2.42. The molecular formula is C14H25N5. The molecule has 2 N–H and O–H groups in total. The fourth-order valence-electron chi connectivity index (χ4n) is 2.42. The van der Waals surface area contributed by atoms with Gasteiger partial charge in [0.1, 0.15) is 0 Å². The van der Waals surface area contributed by atoms with Gasteiger partial charge in [-0.2, -0.15) is 0 Å². The number of anilines is 1. The van der Waals surface area contributed by atoms with E-state index in [1.54, 1.807) is 0 Å². The van der Waals surface area contributed by atoms with Crippen molar-refractivity contribution in [3.63, 3.8) is 0 Å². The van der Waals surface area contributed by atoms with Gasteiger partial charge >= 0.3 is 0 Å². The van der Waals surface area contributed by atoms with Crippen molar-refractivity contribution in [1.82, 2.24) is 14.9 Å². The van der Waals surface area contributed by atoms with Gasteiger partial charge in [0.2, 0.25) is 5.95 Å². The van der Waals surface area contributed by atoms with Crippen LogP contribution < -0.4 is 10.6 Å². The monoisotopic (exact) mass is 263 g/mol. The van der Waals surface area contributed by atoms with Crippen molar-refractivity contribution in [1.29, 1.82) is 0 Å². The van der Waals surface area contributed by atoms with Gasteiger partial charge in [0.25, 0.3) is 0 Å². The van der Waals surface area contributed by atoms with E-state index >= 15 is 0 Å². The van der Waals surface area contributed by atoms with E-state index in [2.05, 4.69) is 19.8 Å². The number of nitrogens with two attached hydrogens (primary N) is 1. The van der Waals surface area contributed by atoms with Crippen LogP contribution in [0, 0.1) is 6.92 Å². The minimum atomic E-state index is 0.803. The molecule has 1 aliphatic rings. The number of hydrogen-bond donors (Lipinski definition) is 1. The zero-order chi connectivity index (χ0) is 13.5. The average molecular weight is 263 g/mol. The first-order valence-corrected chi connectivity index (χ1v) is 7.25. The third-order valence-electron chi connectivity index (χ3n) is 3.57. The maximum Gasteiger partial charge on any atom is 0.225 e. The first kappa shape index (κ1) is 14.2. The lowest BCUT2D eigenvalue weighted by atomic mass is 10.3. The summed E-state index contributed by atoms with van der Waals surface area (Å²) in [5.74, 6) is 0.870. The Balaban J connectivity index is 1.84. The van der Waals surface area contributed by atoms with E-state index in [-0.39, 0.29) is 0 Å². The molecule has 1 aliphatic heterocycles. The van der Waals surface area contributed by atoms with Crippen LogP contribution in [0.2, 0.25) is 0 Å². The van der Waals surface area contributed by atoms with Gasteiger partial charge in [-0.1, -0.05) is 0 Å². The second-order valence-electron chi connectivity index (χ2n) is 5.24. The summed E-state index contributed by atoms with van der Waals surface area (Å²) in [6, 6.07) is 0. The number of aryl methyl sites for hydroxylation is 1. The molecule has 5 nitrogen and oxygen atoms in total. The van der Waals surface area contributed by atoms with Crippen LogP contribution in [-0.4, -0.2) is 54.1 Å². The van der Waals surface area contributed by atoms with Crippen LogP contribution in [0.3, 0.4) is 0 Å². The average Bonchev–Trinajstić information content (AvgIpc) is 2.66. The Bertz CT molecular complexity index is 365. The second kappa shape index (κ2) is 7.40. The molecule has 1 aromatic rings. The molecule has 0 radical (unpaired) electrons. The predicted octanol–water partition coefficient (Wildman–Crippen LogP) is 1.04. The molecule has 2 rings (SSSR count). The molecule has 0 unspecified atom stereocenters. The van der Waals surface area contributed by atoms with Crippen molar-refractivity contribution in [2.45, 2.75) is 26.2 Å². The summed E-state index contributed by atoms with van der Waals surface area (Å²) >= 11 is 0. The number of unbranched alkanes of at least 4 members (excludes halogenated alkanes) is 1. The molecule has 0 bridgehead atoms. The van der Waals surface area contributed by atoms with E-state index in [4.69, 9.17) is 5.73 Å². The molecular weight excluding hydrogens is 238 g/mol. The van der Waals surface area contributed by atoms with Crippen LogP contribution in [0.1, 0.15) is 24.8 Å². The number of aromatic nitrogens is 2. The van der Waals surface area contributed by atoms with Crippen molar-refractivity contribution in [3.05, 3.63) is 18.0 Å². The van der Waals surface area contributed by atoms with Crippen LogP contribution in [0.5, 0.6) is 0 Å². The van der Waals surface area contributed by atoms with Crippen LogP contribution in [0.25, 0.3) is 0 Å². The summed E-state index contributed by atoms with van der Waals surface area (Å²) in [5, 5.41) is 0. The van der Waals surface area contributed by atoms with Gasteiger partial charge in [-0.25, -0.2) is 9.97 Å². The van der Waals surface area contributed by atoms with Gasteiger partial charge in [0.05, 0.1) is 0 Å². The Hall–Kier alpha value is -1.20. The van der Waals surface area contributed by atoms with Crippen LogP contribution in [-0.2, 0) is 0 Å². The number of hydrogen-bond acceptors (Lipinski definition) is 5. The largest absolute Gasteiger partial charge is 0.339 e. The Kier molecular flexibility index (Phi) is 5.54. The molecule has 0 amide bonds. The standard InChI is InChI=1S/C14H25N5/c1-13-11-16-14(17-12-13)19-8-4-7-18(9-10-19)6-3-2-5-15/h11-12H,2-10,15H2,1H3. The molecule has 5 heteroatoms. The third kappa shape index (κ3) is 4.44. The minimum absolute atomic E-state index is 0.803. The van der Waals surface area contributed by atoms with Gasteiger partial charge in [0, 0.05) is 32.0 Å². The summed E-state index contributed by atoms with van der Waals surface area (Å²) in [4.78, 5) is 13.7. The highest BCUT2D eigenvalue weighted by Gasteiger charge is 2.16. The number of rotatable bonds is 5.